The molecule has 0 amide bonds. The summed E-state index contributed by atoms with van der Waals surface area (Å²) < 4.78 is 0. The van der Waals surface area contributed by atoms with Crippen molar-refractivity contribution in [1.82, 2.24) is 19.9 Å². The minimum absolute atomic E-state index is 0.744. The number of nitrogens with one attached hydrogen (secondary N) is 2. The van der Waals surface area contributed by atoms with Gasteiger partial charge in [0.25, 0.3) is 0 Å². The quantitative estimate of drug-likeness (QED) is 0.533. The molecule has 27 heavy (non-hydrogen) atoms. The van der Waals surface area contributed by atoms with Crippen LogP contribution < -0.4 is 0 Å². The van der Waals surface area contributed by atoms with Gasteiger partial charge in [0.15, 0.2) is 0 Å². The van der Waals surface area contributed by atoms with E-state index in [0.717, 1.165) is 53.7 Å². The minimum Gasteiger partial charge on any atom is -0.346 e. The number of aromatic amines is 2. The summed E-state index contributed by atoms with van der Waals surface area (Å²) in [5.41, 5.74) is 6.90. The number of imidazole rings is 2. The molecular formula is C23H24N4. The molecule has 4 aromatic rings. The van der Waals surface area contributed by atoms with Gasteiger partial charge in [-0.3, -0.25) is 0 Å². The molecule has 0 radical (unpaired) electrons. The molecule has 0 aliphatic carbocycles. The number of hydrogen-bond acceptors (Lipinski definition) is 2. The molecule has 0 fully saturated rings. The number of rotatable bonds is 6. The molecule has 0 spiro atoms. The molecule has 2 N–H and O–H groups in total. The minimum atomic E-state index is 0.744. The maximum absolute atomic E-state index is 4.83. The van der Waals surface area contributed by atoms with Gasteiger partial charge in [-0.2, -0.15) is 0 Å². The summed E-state index contributed by atoms with van der Waals surface area (Å²) >= 11 is 0. The molecule has 0 saturated carbocycles. The maximum Gasteiger partial charge on any atom is 0.111 e. The van der Waals surface area contributed by atoms with Crippen molar-refractivity contribution in [1.29, 1.82) is 0 Å². The first-order valence-electron chi connectivity index (χ1n) is 9.34. The van der Waals surface area contributed by atoms with E-state index in [1.165, 1.54) is 11.1 Å². The van der Waals surface area contributed by atoms with E-state index in [4.69, 9.17) is 9.97 Å². The highest BCUT2D eigenvalue weighted by atomic mass is 15.0. The smallest absolute Gasteiger partial charge is 0.111 e. The van der Waals surface area contributed by atoms with Gasteiger partial charge in [0.1, 0.15) is 11.6 Å². The zero-order chi connectivity index (χ0) is 18.6. The van der Waals surface area contributed by atoms with Crippen LogP contribution in [-0.2, 0) is 19.3 Å². The fourth-order valence-corrected chi connectivity index (χ4v) is 3.38. The molecule has 0 aliphatic heterocycles. The fraction of sp³-hybridized carbons (Fsp3) is 0.217. The highest BCUT2D eigenvalue weighted by molar-refractivity contribution is 5.27. The molecule has 0 aliphatic rings. The predicted molar refractivity (Wildman–Crippen MR) is 108 cm³/mol. The van der Waals surface area contributed by atoms with E-state index in [-0.39, 0.29) is 0 Å². The Morgan fingerprint density at radius 2 is 1.00 bits per heavy atom. The summed E-state index contributed by atoms with van der Waals surface area (Å²) in [5, 5.41) is 0. The first kappa shape index (κ1) is 17.3. The van der Waals surface area contributed by atoms with Crippen LogP contribution in [0.5, 0.6) is 0 Å². The van der Waals surface area contributed by atoms with Crippen LogP contribution in [0, 0.1) is 13.8 Å². The Hall–Kier alpha value is -3.14. The van der Waals surface area contributed by atoms with E-state index in [1.807, 2.05) is 12.1 Å². The van der Waals surface area contributed by atoms with Crippen molar-refractivity contribution in [2.75, 3.05) is 0 Å². The average molecular weight is 356 g/mol. The molecular weight excluding hydrogens is 332 g/mol. The molecule has 2 heterocycles. The van der Waals surface area contributed by atoms with Gasteiger partial charge >= 0.3 is 0 Å². The number of aromatic nitrogens is 4. The van der Waals surface area contributed by atoms with Crippen LogP contribution in [0.15, 0.2) is 60.7 Å². The fourth-order valence-electron chi connectivity index (χ4n) is 3.38. The molecule has 0 saturated heterocycles. The van der Waals surface area contributed by atoms with Crippen LogP contribution >= 0.6 is 0 Å². The molecule has 4 rings (SSSR count). The molecule has 0 bridgehead atoms. The third-order valence-electron chi connectivity index (χ3n) is 4.83. The van der Waals surface area contributed by atoms with Gasteiger partial charge in [-0.05, 0) is 25.0 Å². The van der Waals surface area contributed by atoms with Gasteiger partial charge in [-0.25, -0.2) is 9.97 Å². The SMILES string of the molecule is Cc1[nH]c(Cc2ccccc2)nc1Cc1nc(Cc2ccccc2)[nH]c1C. The van der Waals surface area contributed by atoms with E-state index < -0.39 is 0 Å². The van der Waals surface area contributed by atoms with E-state index in [1.54, 1.807) is 0 Å². The van der Waals surface area contributed by atoms with Gasteiger partial charge < -0.3 is 9.97 Å². The highest BCUT2D eigenvalue weighted by Crippen LogP contribution is 2.17. The molecule has 0 atom stereocenters. The summed E-state index contributed by atoms with van der Waals surface area (Å²) in [4.78, 5) is 16.5. The maximum atomic E-state index is 4.83. The second-order valence-electron chi connectivity index (χ2n) is 7.01. The summed E-state index contributed by atoms with van der Waals surface area (Å²) in [6, 6.07) is 20.8. The zero-order valence-corrected chi connectivity index (χ0v) is 15.8. The second kappa shape index (κ2) is 7.62. The molecule has 4 heteroatoms. The van der Waals surface area contributed by atoms with Gasteiger partial charge in [0.2, 0.25) is 0 Å². The number of benzene rings is 2. The Labute approximate surface area is 159 Å². The first-order chi connectivity index (χ1) is 13.2. The van der Waals surface area contributed by atoms with Crippen LogP contribution in [0.2, 0.25) is 0 Å². The van der Waals surface area contributed by atoms with E-state index in [2.05, 4.69) is 72.3 Å². The Balaban J connectivity index is 1.49. The largest absolute Gasteiger partial charge is 0.346 e. The van der Waals surface area contributed by atoms with Gasteiger partial charge in [0, 0.05) is 30.7 Å². The van der Waals surface area contributed by atoms with Crippen molar-refractivity contribution >= 4 is 0 Å². The van der Waals surface area contributed by atoms with Crippen LogP contribution in [0.3, 0.4) is 0 Å². The lowest BCUT2D eigenvalue weighted by Gasteiger charge is -1.97. The van der Waals surface area contributed by atoms with Crippen molar-refractivity contribution in [3.8, 4) is 0 Å². The number of H-pyrrole nitrogens is 2. The highest BCUT2D eigenvalue weighted by Gasteiger charge is 2.13. The van der Waals surface area contributed by atoms with Gasteiger partial charge in [0.05, 0.1) is 11.4 Å². The Morgan fingerprint density at radius 1 is 0.593 bits per heavy atom. The van der Waals surface area contributed by atoms with E-state index in [9.17, 15) is 0 Å². The summed E-state index contributed by atoms with van der Waals surface area (Å²) in [7, 11) is 0. The third-order valence-corrected chi connectivity index (χ3v) is 4.83. The summed E-state index contributed by atoms with van der Waals surface area (Å²) in [5.74, 6) is 2.01. The first-order valence-corrected chi connectivity index (χ1v) is 9.34. The van der Waals surface area contributed by atoms with Crippen LogP contribution in [0.1, 0.15) is 45.6 Å². The Bertz CT molecular complexity index is 929. The number of hydrogen-bond donors (Lipinski definition) is 2. The topological polar surface area (TPSA) is 57.4 Å². The standard InChI is InChI=1S/C23H24N4/c1-16-20(26-22(24-16)13-18-9-5-3-6-10-18)15-21-17(2)25-23(27-21)14-19-11-7-4-8-12-19/h3-12H,13-15H2,1-2H3,(H,24,26)(H,25,27). The second-order valence-corrected chi connectivity index (χ2v) is 7.01. The van der Waals surface area contributed by atoms with Crippen LogP contribution in [-0.4, -0.2) is 19.9 Å². The zero-order valence-electron chi connectivity index (χ0n) is 15.8. The Kier molecular flexibility index (Phi) is 4.88. The van der Waals surface area contributed by atoms with Crippen molar-refractivity contribution in [2.24, 2.45) is 0 Å². The predicted octanol–water partition coefficient (Wildman–Crippen LogP) is 4.52. The monoisotopic (exact) mass is 356 g/mol. The van der Waals surface area contributed by atoms with Gasteiger partial charge in [-0.1, -0.05) is 60.7 Å². The molecule has 0 unspecified atom stereocenters. The lowest BCUT2D eigenvalue weighted by atomic mass is 10.1. The Morgan fingerprint density at radius 3 is 1.41 bits per heavy atom. The lowest BCUT2D eigenvalue weighted by Crippen LogP contribution is -1.95. The third kappa shape index (κ3) is 4.17. The van der Waals surface area contributed by atoms with Crippen molar-refractivity contribution in [3.63, 3.8) is 0 Å². The molecule has 2 aromatic carbocycles. The average Bonchev–Trinajstić information content (AvgIpc) is 3.19. The molecule has 4 nitrogen and oxygen atoms in total. The van der Waals surface area contributed by atoms with Gasteiger partial charge in [-0.15, -0.1) is 0 Å². The van der Waals surface area contributed by atoms with E-state index >= 15 is 0 Å². The van der Waals surface area contributed by atoms with E-state index in [0.29, 0.717) is 0 Å². The summed E-state index contributed by atoms with van der Waals surface area (Å²) in [6.07, 6.45) is 2.38. The number of aryl methyl sites for hydroxylation is 2. The molecule has 136 valence electrons. The van der Waals surface area contributed by atoms with Crippen LogP contribution in [0.4, 0.5) is 0 Å². The van der Waals surface area contributed by atoms with Crippen molar-refractivity contribution in [3.05, 3.63) is 106 Å². The van der Waals surface area contributed by atoms with Crippen molar-refractivity contribution in [2.45, 2.75) is 33.1 Å². The molecule has 2 aromatic heterocycles. The lowest BCUT2D eigenvalue weighted by molar-refractivity contribution is 0.968. The van der Waals surface area contributed by atoms with Crippen LogP contribution in [0.25, 0.3) is 0 Å². The summed E-state index contributed by atoms with van der Waals surface area (Å²) in [6.45, 7) is 4.17. The normalized spacial score (nSPS) is 11.0. The van der Waals surface area contributed by atoms with Crippen molar-refractivity contribution < 1.29 is 0 Å². The number of nitrogens with zero attached hydrogens (tertiary/aromatic N) is 2.